The Labute approximate surface area is 194 Å². The highest BCUT2D eigenvalue weighted by atomic mass is 32.2. The quantitative estimate of drug-likeness (QED) is 0.636. The van der Waals surface area contributed by atoms with Gasteiger partial charge in [0.15, 0.2) is 5.69 Å². The number of fused-ring (bicyclic) bond motifs is 3. The van der Waals surface area contributed by atoms with Crippen LogP contribution in [0.15, 0.2) is 29.2 Å². The fourth-order valence-corrected chi connectivity index (χ4v) is 9.25. The molecular formula is C26H33N3O2S. The lowest BCUT2D eigenvalue weighted by molar-refractivity contribution is -0.213. The lowest BCUT2D eigenvalue weighted by atomic mass is 9.43. The molecule has 2 aromatic rings. The number of thioether (sulfide) groups is 1. The lowest BCUT2D eigenvalue weighted by Gasteiger charge is -2.65. The summed E-state index contributed by atoms with van der Waals surface area (Å²) < 4.78 is 8.44. The molecule has 1 N–H and O–H groups in total. The molecule has 4 bridgehead atoms. The summed E-state index contributed by atoms with van der Waals surface area (Å²) in [6, 6.07) is 8.36. The van der Waals surface area contributed by atoms with Crippen molar-refractivity contribution in [2.24, 2.45) is 23.8 Å². The van der Waals surface area contributed by atoms with Crippen molar-refractivity contribution < 1.29 is 9.53 Å². The molecule has 0 saturated heterocycles. The van der Waals surface area contributed by atoms with E-state index in [-0.39, 0.29) is 11.5 Å². The zero-order valence-electron chi connectivity index (χ0n) is 19.4. The molecular weight excluding hydrogens is 418 g/mol. The minimum absolute atomic E-state index is 0.0259. The van der Waals surface area contributed by atoms with Crippen LogP contribution in [0.4, 0.5) is 0 Å². The molecule has 0 spiro atoms. The van der Waals surface area contributed by atoms with E-state index in [1.807, 2.05) is 17.8 Å². The summed E-state index contributed by atoms with van der Waals surface area (Å²) in [7, 11) is 1.93. The predicted octanol–water partition coefficient (Wildman–Crippen LogP) is 5.19. The highest BCUT2D eigenvalue weighted by Crippen LogP contribution is 2.67. The van der Waals surface area contributed by atoms with E-state index >= 15 is 0 Å². The molecule has 2 unspecified atom stereocenters. The maximum Gasteiger partial charge on any atom is 0.272 e. The summed E-state index contributed by atoms with van der Waals surface area (Å²) in [4.78, 5) is 14.3. The van der Waals surface area contributed by atoms with Gasteiger partial charge in [0.25, 0.3) is 5.91 Å². The van der Waals surface area contributed by atoms with Crippen molar-refractivity contribution >= 4 is 17.7 Å². The monoisotopic (exact) mass is 451 g/mol. The van der Waals surface area contributed by atoms with Crippen LogP contribution in [0.1, 0.15) is 68.4 Å². The molecule has 1 amide bonds. The average Bonchev–Trinajstić information content (AvgIpc) is 3.05. The van der Waals surface area contributed by atoms with Crippen LogP contribution in [0.5, 0.6) is 0 Å². The Kier molecular flexibility index (Phi) is 4.61. The highest BCUT2D eigenvalue weighted by Gasteiger charge is 2.60. The van der Waals surface area contributed by atoms with Gasteiger partial charge < -0.3 is 10.1 Å². The smallest absolute Gasteiger partial charge is 0.272 e. The van der Waals surface area contributed by atoms with Crippen LogP contribution in [-0.2, 0) is 17.5 Å². The van der Waals surface area contributed by atoms with E-state index in [0.717, 1.165) is 22.9 Å². The van der Waals surface area contributed by atoms with Crippen molar-refractivity contribution in [3.8, 4) is 11.3 Å². The minimum Gasteiger partial charge on any atom is -0.373 e. The van der Waals surface area contributed by atoms with Crippen LogP contribution in [0.25, 0.3) is 11.3 Å². The first-order valence-corrected chi connectivity index (χ1v) is 13.0. The Hall–Kier alpha value is -1.79. The third kappa shape index (κ3) is 3.33. The van der Waals surface area contributed by atoms with Gasteiger partial charge in [-0.25, -0.2) is 0 Å². The third-order valence-corrected chi connectivity index (χ3v) is 9.35. The zero-order chi connectivity index (χ0) is 22.1. The van der Waals surface area contributed by atoms with E-state index in [1.54, 1.807) is 11.8 Å². The molecule has 0 radical (unpaired) electrons. The molecule has 4 saturated carbocycles. The lowest BCUT2D eigenvalue weighted by Crippen LogP contribution is -2.59. The molecule has 4 atom stereocenters. The van der Waals surface area contributed by atoms with Crippen molar-refractivity contribution in [1.29, 1.82) is 0 Å². The van der Waals surface area contributed by atoms with Gasteiger partial charge in [-0.05, 0) is 61.3 Å². The number of ether oxygens (including phenoxy) is 1. The largest absolute Gasteiger partial charge is 0.373 e. The number of nitrogens with one attached hydrogen (secondary N) is 1. The number of hydrogen-bond donors (Lipinski definition) is 1. The Morgan fingerprint density at radius 1 is 1.19 bits per heavy atom. The molecule has 4 aliphatic carbocycles. The van der Waals surface area contributed by atoms with Gasteiger partial charge in [0.2, 0.25) is 0 Å². The average molecular weight is 452 g/mol. The molecule has 170 valence electrons. The van der Waals surface area contributed by atoms with Crippen molar-refractivity contribution in [3.05, 3.63) is 35.5 Å². The Balaban J connectivity index is 1.12. The molecule has 5 aliphatic rings. The number of carbonyl (C=O) groups excluding carboxylic acids is 1. The van der Waals surface area contributed by atoms with Crippen molar-refractivity contribution in [3.63, 3.8) is 0 Å². The maximum absolute atomic E-state index is 13.0. The first kappa shape index (κ1) is 20.8. The molecule has 1 aromatic heterocycles. The summed E-state index contributed by atoms with van der Waals surface area (Å²) in [6.45, 7) is 6.05. The van der Waals surface area contributed by atoms with E-state index in [1.165, 1.54) is 49.0 Å². The number of amides is 1. The van der Waals surface area contributed by atoms with Crippen LogP contribution in [0.2, 0.25) is 0 Å². The second kappa shape index (κ2) is 7.10. The van der Waals surface area contributed by atoms with E-state index in [4.69, 9.17) is 4.74 Å². The minimum atomic E-state index is -0.0881. The van der Waals surface area contributed by atoms with Gasteiger partial charge in [0.05, 0.1) is 17.9 Å². The molecule has 2 heterocycles. The molecule has 6 heteroatoms. The number of hydrogen-bond acceptors (Lipinski definition) is 4. The Morgan fingerprint density at radius 2 is 1.94 bits per heavy atom. The van der Waals surface area contributed by atoms with Crippen LogP contribution >= 0.6 is 11.8 Å². The zero-order valence-corrected chi connectivity index (χ0v) is 20.2. The molecule has 1 aliphatic heterocycles. The van der Waals surface area contributed by atoms with E-state index in [2.05, 4.69) is 42.5 Å². The van der Waals surface area contributed by atoms with Crippen LogP contribution in [-0.4, -0.2) is 34.4 Å². The van der Waals surface area contributed by atoms with Gasteiger partial charge in [-0.3, -0.25) is 9.48 Å². The number of nitrogens with zero attached hydrogens (tertiary/aromatic N) is 2. The Bertz CT molecular complexity index is 1070. The number of rotatable bonds is 5. The first-order chi connectivity index (χ1) is 15.3. The van der Waals surface area contributed by atoms with Gasteiger partial charge in [0, 0.05) is 35.4 Å². The van der Waals surface area contributed by atoms with Gasteiger partial charge in [-0.15, -0.1) is 11.8 Å². The van der Waals surface area contributed by atoms with Crippen LogP contribution < -0.4 is 5.32 Å². The van der Waals surface area contributed by atoms with E-state index < -0.39 is 0 Å². The number of carbonyl (C=O) groups is 1. The van der Waals surface area contributed by atoms with Crippen molar-refractivity contribution in [1.82, 2.24) is 15.1 Å². The van der Waals surface area contributed by atoms with Crippen LogP contribution in [0.3, 0.4) is 0 Å². The summed E-state index contributed by atoms with van der Waals surface area (Å²) in [5, 5.41) is 7.68. The van der Waals surface area contributed by atoms with E-state index in [0.29, 0.717) is 29.7 Å². The topological polar surface area (TPSA) is 56.2 Å². The standard InChI is InChI=1S/C26H33N3O2S/c1-24-10-17-11-25(2,14-24)16-26(12-17,15-24)31-9-8-27-23(30)21-19-13-32-20-7-5-4-6-18(20)22(19)29(3)28-21/h4-7,17H,8-16H2,1-3H3,(H,27,30)/t17?,24-,25+,26?. The number of benzene rings is 1. The summed E-state index contributed by atoms with van der Waals surface area (Å²) >= 11 is 1.78. The predicted molar refractivity (Wildman–Crippen MR) is 127 cm³/mol. The van der Waals surface area contributed by atoms with Crippen molar-refractivity contribution in [2.75, 3.05) is 13.2 Å². The van der Waals surface area contributed by atoms with Crippen LogP contribution in [0, 0.1) is 16.7 Å². The molecule has 4 fully saturated rings. The second-order valence-corrected chi connectivity index (χ2v) is 12.5. The van der Waals surface area contributed by atoms with Gasteiger partial charge in [-0.1, -0.05) is 32.0 Å². The second-order valence-electron chi connectivity index (χ2n) is 11.5. The Morgan fingerprint density at radius 3 is 2.69 bits per heavy atom. The van der Waals surface area contributed by atoms with Crippen molar-refractivity contribution in [2.45, 2.75) is 68.6 Å². The van der Waals surface area contributed by atoms with Gasteiger partial charge in [-0.2, -0.15) is 5.10 Å². The van der Waals surface area contributed by atoms with E-state index in [9.17, 15) is 4.79 Å². The maximum atomic E-state index is 13.0. The van der Waals surface area contributed by atoms with Gasteiger partial charge in [0.1, 0.15) is 0 Å². The summed E-state index contributed by atoms with van der Waals surface area (Å²) in [5.41, 5.74) is 4.74. The molecule has 7 rings (SSSR count). The normalized spacial score (nSPS) is 34.3. The molecule has 32 heavy (non-hydrogen) atoms. The fraction of sp³-hybridized carbons (Fsp3) is 0.615. The molecule has 5 nitrogen and oxygen atoms in total. The summed E-state index contributed by atoms with van der Waals surface area (Å²) in [6.07, 6.45) is 7.67. The third-order valence-electron chi connectivity index (χ3n) is 8.25. The molecule has 1 aromatic carbocycles. The highest BCUT2D eigenvalue weighted by molar-refractivity contribution is 7.98. The SMILES string of the molecule is Cn1nc(C(=O)NCCOC23CC4C[C@@](C)(C2)C[C@](C)(C4)C3)c2c1-c1ccccc1SC2. The number of aryl methyl sites for hydroxylation is 1. The first-order valence-electron chi connectivity index (χ1n) is 12.0. The summed E-state index contributed by atoms with van der Waals surface area (Å²) in [5.74, 6) is 1.51. The number of aromatic nitrogens is 2. The fourth-order valence-electron chi connectivity index (χ4n) is 8.18. The van der Waals surface area contributed by atoms with Gasteiger partial charge >= 0.3 is 0 Å².